The second-order valence-corrected chi connectivity index (χ2v) is 6.33. The van der Waals surface area contributed by atoms with E-state index in [9.17, 15) is 9.59 Å². The molecule has 6 nitrogen and oxygen atoms in total. The van der Waals surface area contributed by atoms with Crippen LogP contribution >= 0.6 is 0 Å². The fourth-order valence-electron chi connectivity index (χ4n) is 3.14. The fraction of sp³-hybridized carbons (Fsp3) is 0.500. The summed E-state index contributed by atoms with van der Waals surface area (Å²) < 4.78 is 0. The predicted octanol–water partition coefficient (Wildman–Crippen LogP) is 1.91. The van der Waals surface area contributed by atoms with Crippen molar-refractivity contribution < 1.29 is 9.59 Å². The van der Waals surface area contributed by atoms with Crippen molar-refractivity contribution >= 4 is 17.6 Å². The number of pyridine rings is 1. The zero-order chi connectivity index (χ0) is 16.8. The SMILES string of the molecule is O=C(/C=C/CN1CCCC1)Nc1ccc(C(=O)N2CCCC2)cn1. The van der Waals surface area contributed by atoms with Crippen molar-refractivity contribution in [3.8, 4) is 0 Å². The van der Waals surface area contributed by atoms with Crippen LogP contribution in [0.5, 0.6) is 0 Å². The first-order valence-corrected chi connectivity index (χ1v) is 8.67. The summed E-state index contributed by atoms with van der Waals surface area (Å²) in [5, 5.41) is 2.72. The maximum Gasteiger partial charge on any atom is 0.255 e. The third-order valence-electron chi connectivity index (χ3n) is 4.49. The quantitative estimate of drug-likeness (QED) is 0.839. The van der Waals surface area contributed by atoms with Crippen LogP contribution in [0.4, 0.5) is 5.82 Å². The largest absolute Gasteiger partial charge is 0.339 e. The van der Waals surface area contributed by atoms with E-state index < -0.39 is 0 Å². The topological polar surface area (TPSA) is 65.5 Å². The number of nitrogens with one attached hydrogen (secondary N) is 1. The van der Waals surface area contributed by atoms with Crippen LogP contribution in [0, 0.1) is 0 Å². The molecule has 2 aliphatic rings. The number of likely N-dealkylation sites (tertiary alicyclic amines) is 2. The zero-order valence-electron chi connectivity index (χ0n) is 13.9. The lowest BCUT2D eigenvalue weighted by Crippen LogP contribution is -2.27. The molecular formula is C18H24N4O2. The number of aromatic nitrogens is 1. The average molecular weight is 328 g/mol. The molecule has 0 aliphatic carbocycles. The monoisotopic (exact) mass is 328 g/mol. The summed E-state index contributed by atoms with van der Waals surface area (Å²) in [6.45, 7) is 4.67. The Balaban J connectivity index is 1.48. The molecule has 0 unspecified atom stereocenters. The molecule has 2 fully saturated rings. The van der Waals surface area contributed by atoms with Gasteiger partial charge in [0.1, 0.15) is 5.82 Å². The molecule has 0 bridgehead atoms. The van der Waals surface area contributed by atoms with Gasteiger partial charge in [0.15, 0.2) is 0 Å². The van der Waals surface area contributed by atoms with Gasteiger partial charge in [-0.3, -0.25) is 14.5 Å². The van der Waals surface area contributed by atoms with Crippen LogP contribution in [0.25, 0.3) is 0 Å². The molecule has 128 valence electrons. The molecule has 3 heterocycles. The van der Waals surface area contributed by atoms with Crippen molar-refractivity contribution in [2.24, 2.45) is 0 Å². The van der Waals surface area contributed by atoms with Gasteiger partial charge < -0.3 is 10.2 Å². The Bertz CT molecular complexity index is 600. The molecule has 2 aliphatic heterocycles. The first kappa shape index (κ1) is 16.6. The number of carbonyl (C=O) groups excluding carboxylic acids is 2. The summed E-state index contributed by atoms with van der Waals surface area (Å²) in [7, 11) is 0. The van der Waals surface area contributed by atoms with Crippen LogP contribution in [0.1, 0.15) is 36.0 Å². The summed E-state index contributed by atoms with van der Waals surface area (Å²) in [4.78, 5) is 32.4. The predicted molar refractivity (Wildman–Crippen MR) is 92.8 cm³/mol. The molecule has 0 atom stereocenters. The van der Waals surface area contributed by atoms with E-state index in [1.807, 2.05) is 11.0 Å². The lowest BCUT2D eigenvalue weighted by atomic mass is 10.2. The second kappa shape index (κ2) is 8.06. The Morgan fingerprint density at radius 2 is 1.79 bits per heavy atom. The van der Waals surface area contributed by atoms with E-state index in [0.717, 1.165) is 45.6 Å². The van der Waals surface area contributed by atoms with Gasteiger partial charge in [-0.15, -0.1) is 0 Å². The molecule has 0 spiro atoms. The Hall–Kier alpha value is -2.21. The number of amides is 2. The van der Waals surface area contributed by atoms with Crippen LogP contribution in [-0.2, 0) is 4.79 Å². The molecule has 0 saturated carbocycles. The standard InChI is InChI=1S/C18H24N4O2/c23-17(6-5-11-21-9-1-2-10-21)20-16-8-7-15(14-19-16)18(24)22-12-3-4-13-22/h5-8,14H,1-4,9-13H2,(H,19,20,23)/b6-5+. The number of anilines is 1. The van der Waals surface area contributed by atoms with Crippen LogP contribution in [0.3, 0.4) is 0 Å². The minimum absolute atomic E-state index is 0.0170. The molecule has 0 radical (unpaired) electrons. The van der Waals surface area contributed by atoms with Crippen LogP contribution in [-0.4, -0.2) is 59.3 Å². The van der Waals surface area contributed by atoms with Crippen molar-refractivity contribution in [3.63, 3.8) is 0 Å². The molecular weight excluding hydrogens is 304 g/mol. The van der Waals surface area contributed by atoms with E-state index in [1.165, 1.54) is 19.0 Å². The third kappa shape index (κ3) is 4.41. The molecule has 24 heavy (non-hydrogen) atoms. The number of carbonyl (C=O) groups is 2. The molecule has 0 aromatic carbocycles. The van der Waals surface area contributed by atoms with E-state index in [0.29, 0.717) is 11.4 Å². The first-order chi connectivity index (χ1) is 11.7. The minimum atomic E-state index is -0.194. The van der Waals surface area contributed by atoms with Gasteiger partial charge in [0.05, 0.1) is 5.56 Å². The van der Waals surface area contributed by atoms with Crippen molar-refractivity contribution in [3.05, 3.63) is 36.0 Å². The highest BCUT2D eigenvalue weighted by atomic mass is 16.2. The van der Waals surface area contributed by atoms with Crippen LogP contribution in [0.15, 0.2) is 30.5 Å². The smallest absolute Gasteiger partial charge is 0.255 e. The Morgan fingerprint density at radius 3 is 2.46 bits per heavy atom. The summed E-state index contributed by atoms with van der Waals surface area (Å²) in [5.74, 6) is 0.285. The lowest BCUT2D eigenvalue weighted by Gasteiger charge is -2.14. The van der Waals surface area contributed by atoms with Gasteiger partial charge in [-0.05, 0) is 50.9 Å². The highest BCUT2D eigenvalue weighted by molar-refractivity contribution is 5.99. The van der Waals surface area contributed by atoms with Gasteiger partial charge in [0, 0.05) is 31.9 Å². The number of hydrogen-bond acceptors (Lipinski definition) is 4. The van der Waals surface area contributed by atoms with Gasteiger partial charge in [-0.25, -0.2) is 4.98 Å². The summed E-state index contributed by atoms with van der Waals surface area (Å²) in [5.41, 5.74) is 0.569. The van der Waals surface area contributed by atoms with E-state index >= 15 is 0 Å². The van der Waals surface area contributed by atoms with E-state index in [2.05, 4.69) is 15.2 Å². The number of rotatable bonds is 5. The molecule has 1 aromatic heterocycles. The van der Waals surface area contributed by atoms with Gasteiger partial charge in [0.25, 0.3) is 5.91 Å². The van der Waals surface area contributed by atoms with E-state index in [-0.39, 0.29) is 11.8 Å². The minimum Gasteiger partial charge on any atom is -0.339 e. The van der Waals surface area contributed by atoms with E-state index in [4.69, 9.17) is 0 Å². The Morgan fingerprint density at radius 1 is 1.08 bits per heavy atom. The highest BCUT2D eigenvalue weighted by Gasteiger charge is 2.19. The number of hydrogen-bond donors (Lipinski definition) is 1. The average Bonchev–Trinajstić information content (AvgIpc) is 3.29. The Kier molecular flexibility index (Phi) is 5.59. The van der Waals surface area contributed by atoms with E-state index in [1.54, 1.807) is 18.2 Å². The molecule has 2 amide bonds. The maximum atomic E-state index is 12.2. The van der Waals surface area contributed by atoms with Gasteiger partial charge in [-0.2, -0.15) is 0 Å². The lowest BCUT2D eigenvalue weighted by molar-refractivity contribution is -0.111. The van der Waals surface area contributed by atoms with Gasteiger partial charge in [-0.1, -0.05) is 6.08 Å². The van der Waals surface area contributed by atoms with Crippen molar-refractivity contribution in [2.45, 2.75) is 25.7 Å². The second-order valence-electron chi connectivity index (χ2n) is 6.33. The summed E-state index contributed by atoms with van der Waals surface area (Å²) in [6.07, 6.45) is 9.58. The highest BCUT2D eigenvalue weighted by Crippen LogP contribution is 2.13. The first-order valence-electron chi connectivity index (χ1n) is 8.67. The summed E-state index contributed by atoms with van der Waals surface area (Å²) >= 11 is 0. The van der Waals surface area contributed by atoms with Gasteiger partial charge >= 0.3 is 0 Å². The van der Waals surface area contributed by atoms with Crippen molar-refractivity contribution in [2.75, 3.05) is 38.0 Å². The van der Waals surface area contributed by atoms with Crippen molar-refractivity contribution in [1.82, 2.24) is 14.8 Å². The zero-order valence-corrected chi connectivity index (χ0v) is 13.9. The van der Waals surface area contributed by atoms with Crippen LogP contribution < -0.4 is 5.32 Å². The number of nitrogens with zero attached hydrogens (tertiary/aromatic N) is 3. The van der Waals surface area contributed by atoms with Gasteiger partial charge in [0.2, 0.25) is 5.91 Å². The molecule has 1 N–H and O–H groups in total. The summed E-state index contributed by atoms with van der Waals surface area (Å²) in [6, 6.07) is 3.40. The molecule has 1 aromatic rings. The molecule has 2 saturated heterocycles. The molecule has 6 heteroatoms. The maximum absolute atomic E-state index is 12.2. The molecule has 3 rings (SSSR count). The van der Waals surface area contributed by atoms with Crippen LogP contribution in [0.2, 0.25) is 0 Å². The van der Waals surface area contributed by atoms with Crippen molar-refractivity contribution in [1.29, 1.82) is 0 Å². The fourth-order valence-corrected chi connectivity index (χ4v) is 3.14. The third-order valence-corrected chi connectivity index (χ3v) is 4.49. The Labute approximate surface area is 142 Å². The normalized spacial score (nSPS) is 18.4.